The first kappa shape index (κ1) is 18.5. The normalized spacial score (nSPS) is 21.9. The maximum absolute atomic E-state index is 12.9. The molecule has 1 saturated heterocycles. The Morgan fingerprint density at radius 2 is 2.04 bits per heavy atom. The fraction of sp³-hybridized carbons (Fsp3) is 0.526. The average Bonchev–Trinajstić information content (AvgIpc) is 2.97. The quantitative estimate of drug-likeness (QED) is 0.748. The van der Waals surface area contributed by atoms with Gasteiger partial charge >= 0.3 is 0 Å². The number of hydrazone groups is 1. The van der Waals surface area contributed by atoms with Gasteiger partial charge in [-0.15, -0.1) is 0 Å². The third-order valence-electron chi connectivity index (χ3n) is 4.89. The van der Waals surface area contributed by atoms with Gasteiger partial charge in [0.1, 0.15) is 24.8 Å². The third-order valence-corrected chi connectivity index (χ3v) is 4.89. The summed E-state index contributed by atoms with van der Waals surface area (Å²) >= 11 is 0. The molecule has 2 aliphatic heterocycles. The van der Waals surface area contributed by atoms with Crippen LogP contribution in [0.5, 0.6) is 5.75 Å². The number of aliphatic imine (C=N–C) groups is 1. The van der Waals surface area contributed by atoms with Gasteiger partial charge in [0.25, 0.3) is 5.91 Å². The van der Waals surface area contributed by atoms with Gasteiger partial charge in [-0.05, 0) is 38.1 Å². The van der Waals surface area contributed by atoms with Crippen molar-refractivity contribution in [3.05, 3.63) is 24.3 Å². The molecule has 0 radical (unpaired) electrons. The maximum atomic E-state index is 12.9. The van der Waals surface area contributed by atoms with E-state index in [1.54, 1.807) is 7.11 Å². The van der Waals surface area contributed by atoms with E-state index in [9.17, 15) is 4.79 Å². The molecule has 7 nitrogen and oxygen atoms in total. The van der Waals surface area contributed by atoms with E-state index in [0.29, 0.717) is 0 Å². The molecule has 1 atom stereocenters. The van der Waals surface area contributed by atoms with E-state index in [1.165, 1.54) is 9.91 Å². The number of morpholine rings is 1. The van der Waals surface area contributed by atoms with Crippen LogP contribution in [0, 0.1) is 5.92 Å². The molecule has 1 aromatic carbocycles. The van der Waals surface area contributed by atoms with Crippen LogP contribution in [0.1, 0.15) is 13.8 Å². The lowest BCUT2D eigenvalue weighted by molar-refractivity contribution is -0.906. The van der Waals surface area contributed by atoms with Crippen molar-refractivity contribution in [3.63, 3.8) is 0 Å². The fourth-order valence-electron chi connectivity index (χ4n) is 3.35. The van der Waals surface area contributed by atoms with Crippen molar-refractivity contribution in [2.75, 3.05) is 51.5 Å². The summed E-state index contributed by atoms with van der Waals surface area (Å²) in [4.78, 5) is 19.0. The zero-order chi connectivity index (χ0) is 18.5. The maximum Gasteiger partial charge on any atom is 0.261 e. The van der Waals surface area contributed by atoms with Gasteiger partial charge in [-0.25, -0.2) is 0 Å². The number of carbonyl (C=O) groups is 1. The number of ether oxygens (including phenoxy) is 2. The molecule has 1 N–H and O–H groups in total. The topological polar surface area (TPSA) is 67.9 Å². The zero-order valence-corrected chi connectivity index (χ0v) is 15.7. The van der Waals surface area contributed by atoms with Crippen LogP contribution in [0.15, 0.2) is 34.4 Å². The Kier molecular flexibility index (Phi) is 6.00. The second-order valence-corrected chi connectivity index (χ2v) is 6.66. The highest BCUT2D eigenvalue weighted by molar-refractivity contribution is 6.27. The van der Waals surface area contributed by atoms with Gasteiger partial charge in [-0.3, -0.25) is 9.79 Å². The molecule has 0 bridgehead atoms. The molecule has 3 rings (SSSR count). The lowest BCUT2D eigenvalue weighted by atomic mass is 9.99. The van der Waals surface area contributed by atoms with Crippen LogP contribution in [0.2, 0.25) is 0 Å². The number of amides is 1. The molecule has 2 aliphatic rings. The van der Waals surface area contributed by atoms with Crippen LogP contribution in [0.25, 0.3) is 0 Å². The number of nitrogens with zero attached hydrogens (tertiary/aromatic N) is 3. The molecule has 1 amide bonds. The fourth-order valence-corrected chi connectivity index (χ4v) is 3.35. The molecular weight excluding hydrogens is 332 g/mol. The van der Waals surface area contributed by atoms with Gasteiger partial charge in [0.15, 0.2) is 0 Å². The molecule has 1 fully saturated rings. The molecule has 1 aromatic rings. The molecule has 0 aromatic heterocycles. The number of quaternary nitrogens is 1. The Morgan fingerprint density at radius 3 is 2.69 bits per heavy atom. The average molecular weight is 359 g/mol. The van der Waals surface area contributed by atoms with Gasteiger partial charge in [-0.1, -0.05) is 0 Å². The Morgan fingerprint density at radius 1 is 1.35 bits per heavy atom. The van der Waals surface area contributed by atoms with E-state index in [1.807, 2.05) is 38.1 Å². The predicted molar refractivity (Wildman–Crippen MR) is 101 cm³/mol. The summed E-state index contributed by atoms with van der Waals surface area (Å²) in [6.45, 7) is 9.21. The Labute approximate surface area is 154 Å². The summed E-state index contributed by atoms with van der Waals surface area (Å²) in [5, 5.41) is 5.92. The molecule has 0 unspecified atom stereocenters. The van der Waals surface area contributed by atoms with Gasteiger partial charge in [0.2, 0.25) is 0 Å². The number of carbonyl (C=O) groups excluding carboxylic acids is 1. The second-order valence-electron chi connectivity index (χ2n) is 6.66. The summed E-state index contributed by atoms with van der Waals surface area (Å²) < 4.78 is 10.5. The minimum absolute atomic E-state index is 0.0485. The molecular formula is C19H27N4O3+. The SMILES string of the molecule is COc1ccc(N2N=C(C)[C@@H](C(C)=NCC[NH+]3CCOCC3)C2=O)cc1. The summed E-state index contributed by atoms with van der Waals surface area (Å²) in [6.07, 6.45) is 0. The smallest absolute Gasteiger partial charge is 0.261 e. The first-order valence-corrected chi connectivity index (χ1v) is 9.05. The van der Waals surface area contributed by atoms with E-state index in [0.717, 1.165) is 62.3 Å². The highest BCUT2D eigenvalue weighted by atomic mass is 16.5. The van der Waals surface area contributed by atoms with E-state index < -0.39 is 0 Å². The minimum atomic E-state index is -0.364. The molecule has 2 heterocycles. The van der Waals surface area contributed by atoms with Crippen molar-refractivity contribution in [1.82, 2.24) is 0 Å². The molecule has 0 saturated carbocycles. The van der Waals surface area contributed by atoms with Gasteiger partial charge in [-0.2, -0.15) is 10.1 Å². The van der Waals surface area contributed by atoms with E-state index in [-0.39, 0.29) is 11.8 Å². The van der Waals surface area contributed by atoms with Crippen LogP contribution in [-0.4, -0.2) is 63.8 Å². The monoisotopic (exact) mass is 359 g/mol. The van der Waals surface area contributed by atoms with Crippen molar-refractivity contribution in [3.8, 4) is 5.75 Å². The van der Waals surface area contributed by atoms with Gasteiger partial charge in [0, 0.05) is 5.71 Å². The largest absolute Gasteiger partial charge is 0.497 e. The number of rotatable bonds is 6. The van der Waals surface area contributed by atoms with Crippen molar-refractivity contribution >= 4 is 23.0 Å². The van der Waals surface area contributed by atoms with Crippen LogP contribution >= 0.6 is 0 Å². The lowest BCUT2D eigenvalue weighted by Gasteiger charge is -2.23. The number of methoxy groups -OCH3 is 1. The number of nitrogens with one attached hydrogen (secondary N) is 1. The van der Waals surface area contributed by atoms with E-state index in [4.69, 9.17) is 9.47 Å². The molecule has 0 spiro atoms. The number of benzene rings is 1. The Bertz CT molecular complexity index is 693. The van der Waals surface area contributed by atoms with E-state index >= 15 is 0 Å². The summed E-state index contributed by atoms with van der Waals surface area (Å²) in [5.74, 6) is 0.338. The summed E-state index contributed by atoms with van der Waals surface area (Å²) in [6, 6.07) is 7.33. The molecule has 7 heteroatoms. The first-order chi connectivity index (χ1) is 12.6. The van der Waals surface area contributed by atoms with Crippen molar-refractivity contribution < 1.29 is 19.2 Å². The van der Waals surface area contributed by atoms with Crippen LogP contribution in [-0.2, 0) is 9.53 Å². The van der Waals surface area contributed by atoms with Crippen molar-refractivity contribution in [1.29, 1.82) is 0 Å². The van der Waals surface area contributed by atoms with Crippen LogP contribution in [0.4, 0.5) is 5.69 Å². The molecule has 140 valence electrons. The number of hydrogen-bond acceptors (Lipinski definition) is 5. The predicted octanol–water partition coefficient (Wildman–Crippen LogP) is 0.410. The Balaban J connectivity index is 1.63. The minimum Gasteiger partial charge on any atom is -0.497 e. The highest BCUT2D eigenvalue weighted by Gasteiger charge is 2.36. The lowest BCUT2D eigenvalue weighted by Crippen LogP contribution is -3.14. The second kappa shape index (κ2) is 8.42. The van der Waals surface area contributed by atoms with Crippen molar-refractivity contribution in [2.45, 2.75) is 13.8 Å². The molecule has 0 aliphatic carbocycles. The van der Waals surface area contributed by atoms with Crippen LogP contribution < -0.4 is 14.6 Å². The van der Waals surface area contributed by atoms with Gasteiger partial charge in [0.05, 0.1) is 44.8 Å². The summed E-state index contributed by atoms with van der Waals surface area (Å²) in [5.41, 5.74) is 2.36. The standard InChI is InChI=1S/C19H26N4O3/c1-14(20-8-9-22-10-12-26-13-11-22)18-15(2)21-23(19(18)24)16-4-6-17(25-3)7-5-16/h4-7,18H,8-13H2,1-3H3/p+1/t18-/m1/s1. The highest BCUT2D eigenvalue weighted by Crippen LogP contribution is 2.26. The molecule has 26 heavy (non-hydrogen) atoms. The number of anilines is 1. The third kappa shape index (κ3) is 4.11. The first-order valence-electron chi connectivity index (χ1n) is 9.05. The van der Waals surface area contributed by atoms with Crippen molar-refractivity contribution in [2.24, 2.45) is 16.0 Å². The van der Waals surface area contributed by atoms with E-state index in [2.05, 4.69) is 10.1 Å². The van der Waals surface area contributed by atoms with Crippen LogP contribution in [0.3, 0.4) is 0 Å². The zero-order valence-electron chi connectivity index (χ0n) is 15.7. The summed E-state index contributed by atoms with van der Waals surface area (Å²) in [7, 11) is 1.62. The Hall–Kier alpha value is -2.25. The number of hydrogen-bond donors (Lipinski definition) is 1. The van der Waals surface area contributed by atoms with Gasteiger partial charge < -0.3 is 14.4 Å².